The second-order valence-electron chi connectivity index (χ2n) is 5.53. The summed E-state index contributed by atoms with van der Waals surface area (Å²) in [5, 5.41) is 3.35. The van der Waals surface area contributed by atoms with E-state index in [1.165, 1.54) is 25.7 Å². The lowest BCUT2D eigenvalue weighted by molar-refractivity contribution is 0.0526. The Morgan fingerprint density at radius 2 is 2.10 bits per heavy atom. The molecule has 1 heterocycles. The molecule has 5 heteroatoms. The molecular weight excluding hydrogens is 266 g/mol. The van der Waals surface area contributed by atoms with Crippen LogP contribution in [0.1, 0.15) is 43.0 Å². The molecule has 1 aliphatic carbocycles. The zero-order chi connectivity index (χ0) is 15.2. The monoisotopic (exact) mass is 291 g/mol. The fraction of sp³-hybridized carbons (Fsp3) is 0.625. The summed E-state index contributed by atoms with van der Waals surface area (Å²) < 4.78 is 4.97. The molecule has 0 aliphatic heterocycles. The number of pyridine rings is 1. The van der Waals surface area contributed by atoms with Crippen molar-refractivity contribution in [1.29, 1.82) is 0 Å². The Kier molecular flexibility index (Phi) is 5.56. The molecule has 1 aliphatic rings. The second kappa shape index (κ2) is 7.41. The Morgan fingerprint density at radius 1 is 1.38 bits per heavy atom. The quantitative estimate of drug-likeness (QED) is 0.843. The summed E-state index contributed by atoms with van der Waals surface area (Å²) in [6.07, 6.45) is 6.34. The summed E-state index contributed by atoms with van der Waals surface area (Å²) in [5.74, 6) is 0.602. The standard InChI is InChI=1S/C16H25N3O2/c1-4-21-16(20)12-5-10-15(18-11-12)19(3)14-8-6-13(17-2)7-9-14/h5,10-11,13-14,17H,4,6-9H2,1-3H3. The maximum atomic E-state index is 11.6. The molecule has 1 saturated carbocycles. The van der Waals surface area contributed by atoms with Crippen molar-refractivity contribution in [1.82, 2.24) is 10.3 Å². The average Bonchev–Trinajstić information content (AvgIpc) is 2.54. The highest BCUT2D eigenvalue weighted by molar-refractivity contribution is 5.89. The normalized spacial score (nSPS) is 21.9. The molecule has 0 radical (unpaired) electrons. The van der Waals surface area contributed by atoms with Crippen LogP contribution in [0.2, 0.25) is 0 Å². The Bertz CT molecular complexity index is 453. The van der Waals surface area contributed by atoms with E-state index in [4.69, 9.17) is 4.74 Å². The molecule has 1 fully saturated rings. The fourth-order valence-corrected chi connectivity index (χ4v) is 2.87. The first kappa shape index (κ1) is 15.8. The third kappa shape index (κ3) is 3.94. The SMILES string of the molecule is CCOC(=O)c1ccc(N(C)C2CCC(NC)CC2)nc1. The zero-order valence-electron chi connectivity index (χ0n) is 13.1. The lowest BCUT2D eigenvalue weighted by Gasteiger charge is -2.35. The van der Waals surface area contributed by atoms with Gasteiger partial charge in [0.2, 0.25) is 0 Å². The molecule has 0 saturated heterocycles. The summed E-state index contributed by atoms with van der Waals surface area (Å²) in [4.78, 5) is 18.2. The van der Waals surface area contributed by atoms with Gasteiger partial charge >= 0.3 is 5.97 Å². The number of hydrogen-bond donors (Lipinski definition) is 1. The molecule has 0 bridgehead atoms. The van der Waals surface area contributed by atoms with Crippen molar-refractivity contribution in [3.8, 4) is 0 Å². The van der Waals surface area contributed by atoms with Gasteiger partial charge in [-0.1, -0.05) is 0 Å². The molecule has 1 aromatic rings. The fourth-order valence-electron chi connectivity index (χ4n) is 2.87. The van der Waals surface area contributed by atoms with E-state index >= 15 is 0 Å². The first-order valence-electron chi connectivity index (χ1n) is 7.69. The summed E-state index contributed by atoms with van der Waals surface area (Å²) in [6.45, 7) is 2.18. The number of nitrogens with zero attached hydrogens (tertiary/aromatic N) is 2. The van der Waals surface area contributed by atoms with Crippen molar-refractivity contribution in [3.05, 3.63) is 23.9 Å². The molecule has 1 aromatic heterocycles. The van der Waals surface area contributed by atoms with Crippen LogP contribution in [0.3, 0.4) is 0 Å². The summed E-state index contributed by atoms with van der Waals surface area (Å²) in [7, 11) is 4.11. The van der Waals surface area contributed by atoms with Gasteiger partial charge in [0.15, 0.2) is 0 Å². The van der Waals surface area contributed by atoms with E-state index in [0.29, 0.717) is 24.3 Å². The van der Waals surface area contributed by atoms with Crippen molar-refractivity contribution in [3.63, 3.8) is 0 Å². The van der Waals surface area contributed by atoms with E-state index in [2.05, 4.69) is 22.2 Å². The smallest absolute Gasteiger partial charge is 0.339 e. The Hall–Kier alpha value is -1.62. The highest BCUT2D eigenvalue weighted by Gasteiger charge is 2.23. The van der Waals surface area contributed by atoms with Gasteiger partial charge in [-0.05, 0) is 51.8 Å². The number of rotatable bonds is 5. The number of nitrogens with one attached hydrogen (secondary N) is 1. The molecule has 0 aromatic carbocycles. The van der Waals surface area contributed by atoms with Crippen molar-refractivity contribution in [2.24, 2.45) is 0 Å². The molecule has 0 atom stereocenters. The van der Waals surface area contributed by atoms with Crippen LogP contribution >= 0.6 is 0 Å². The molecule has 1 N–H and O–H groups in total. The Labute approximate surface area is 126 Å². The summed E-state index contributed by atoms with van der Waals surface area (Å²) in [6, 6.07) is 4.86. The van der Waals surface area contributed by atoms with Crippen molar-refractivity contribution >= 4 is 11.8 Å². The maximum absolute atomic E-state index is 11.6. The first-order chi connectivity index (χ1) is 10.2. The molecule has 0 spiro atoms. The van der Waals surface area contributed by atoms with Gasteiger partial charge in [0, 0.05) is 25.3 Å². The largest absolute Gasteiger partial charge is 0.462 e. The van der Waals surface area contributed by atoms with Crippen LogP contribution in [0, 0.1) is 0 Å². The molecule has 21 heavy (non-hydrogen) atoms. The number of anilines is 1. The molecule has 116 valence electrons. The molecule has 2 rings (SSSR count). The highest BCUT2D eigenvalue weighted by atomic mass is 16.5. The van der Waals surface area contributed by atoms with Gasteiger partial charge in [0.1, 0.15) is 5.82 Å². The van der Waals surface area contributed by atoms with Crippen LogP contribution in [0.4, 0.5) is 5.82 Å². The second-order valence-corrected chi connectivity index (χ2v) is 5.53. The number of carbonyl (C=O) groups excluding carboxylic acids is 1. The Balaban J connectivity index is 1.97. The average molecular weight is 291 g/mol. The molecule has 0 unspecified atom stereocenters. The number of esters is 1. The van der Waals surface area contributed by atoms with Crippen LogP contribution in [0.5, 0.6) is 0 Å². The molecular formula is C16H25N3O2. The van der Waals surface area contributed by atoms with Crippen LogP contribution in [0.15, 0.2) is 18.3 Å². The van der Waals surface area contributed by atoms with E-state index in [9.17, 15) is 4.79 Å². The Morgan fingerprint density at radius 3 is 2.62 bits per heavy atom. The van der Waals surface area contributed by atoms with Crippen LogP contribution < -0.4 is 10.2 Å². The first-order valence-corrected chi connectivity index (χ1v) is 7.69. The number of hydrogen-bond acceptors (Lipinski definition) is 5. The van der Waals surface area contributed by atoms with Gasteiger partial charge in [0.25, 0.3) is 0 Å². The van der Waals surface area contributed by atoms with E-state index in [1.54, 1.807) is 19.2 Å². The zero-order valence-corrected chi connectivity index (χ0v) is 13.1. The minimum absolute atomic E-state index is 0.311. The predicted octanol–water partition coefficient (Wildman–Crippen LogP) is 2.23. The third-order valence-electron chi connectivity index (χ3n) is 4.27. The van der Waals surface area contributed by atoms with Gasteiger partial charge in [-0.3, -0.25) is 0 Å². The molecule has 5 nitrogen and oxygen atoms in total. The topological polar surface area (TPSA) is 54.5 Å². The van der Waals surface area contributed by atoms with Gasteiger partial charge in [0.05, 0.1) is 12.2 Å². The summed E-state index contributed by atoms with van der Waals surface area (Å²) >= 11 is 0. The molecule has 0 amide bonds. The van der Waals surface area contributed by atoms with E-state index in [-0.39, 0.29) is 5.97 Å². The van der Waals surface area contributed by atoms with Gasteiger partial charge < -0.3 is 15.0 Å². The predicted molar refractivity (Wildman–Crippen MR) is 83.7 cm³/mol. The van der Waals surface area contributed by atoms with Gasteiger partial charge in [-0.2, -0.15) is 0 Å². The summed E-state index contributed by atoms with van der Waals surface area (Å²) in [5.41, 5.74) is 0.507. The van der Waals surface area contributed by atoms with Crippen LogP contribution in [0.25, 0.3) is 0 Å². The third-order valence-corrected chi connectivity index (χ3v) is 4.27. The van der Waals surface area contributed by atoms with Crippen LogP contribution in [-0.2, 0) is 4.74 Å². The van der Waals surface area contributed by atoms with Gasteiger partial charge in [-0.25, -0.2) is 9.78 Å². The van der Waals surface area contributed by atoms with E-state index in [1.807, 2.05) is 13.1 Å². The van der Waals surface area contributed by atoms with E-state index < -0.39 is 0 Å². The minimum atomic E-state index is -0.311. The minimum Gasteiger partial charge on any atom is -0.462 e. The number of ether oxygens (including phenoxy) is 1. The van der Waals surface area contributed by atoms with Gasteiger partial charge in [-0.15, -0.1) is 0 Å². The lowest BCUT2D eigenvalue weighted by Crippen LogP contribution is -2.40. The van der Waals surface area contributed by atoms with Crippen molar-refractivity contribution in [2.75, 3.05) is 25.6 Å². The van der Waals surface area contributed by atoms with Crippen LogP contribution in [-0.4, -0.2) is 43.7 Å². The lowest BCUT2D eigenvalue weighted by atomic mass is 9.90. The van der Waals surface area contributed by atoms with Crippen molar-refractivity contribution < 1.29 is 9.53 Å². The number of carbonyl (C=O) groups is 1. The maximum Gasteiger partial charge on any atom is 0.339 e. The van der Waals surface area contributed by atoms with E-state index in [0.717, 1.165) is 5.82 Å². The highest BCUT2D eigenvalue weighted by Crippen LogP contribution is 2.25. The number of aromatic nitrogens is 1. The van der Waals surface area contributed by atoms with Crippen molar-refractivity contribution in [2.45, 2.75) is 44.7 Å².